The van der Waals surface area contributed by atoms with E-state index in [2.05, 4.69) is 228 Å². The van der Waals surface area contributed by atoms with E-state index < -0.39 is 10.4 Å². The summed E-state index contributed by atoms with van der Waals surface area (Å²) < 4.78 is 45.4. The number of aromatic amines is 1. The zero-order chi connectivity index (χ0) is 43.8. The summed E-state index contributed by atoms with van der Waals surface area (Å²) in [6, 6.07) is 3.88. The standard InChI is InChI=1S/C32H3Br14ClN8.Cu.H2O4S/c33-4-2-1-3-5(12(4)34)26-48-25(3)49-30-11-8(15(37)22(44)23(45)24(11)47)28(52-30)50-27-6-7(14(36)19(41)18(40)13(6)35)29(51-27)54-32-10-9(31(53-26)55(32)46)16(38)20(42)21(43)17(10)39;;1-5(2,3)4/h1-2H,(H,48,49,50,51,52,53,54);;(H2,1,2,3,4)/q;+2;/p-2. The normalized spacial score (nSPS) is 12.0. The largest absolute Gasteiger partial charge is 2.00 e. The molecule has 1 radical (unpaired) electrons. The van der Waals surface area contributed by atoms with Gasteiger partial charge in [0, 0.05) is 108 Å². The molecule has 2 aliphatic rings. The van der Waals surface area contributed by atoms with Crippen molar-refractivity contribution in [2.45, 2.75) is 0 Å². The van der Waals surface area contributed by atoms with Gasteiger partial charge < -0.3 is 14.1 Å². The average Bonchev–Trinajstić information content (AvgIpc) is 3.90. The summed E-state index contributed by atoms with van der Waals surface area (Å²) >= 11 is 60.0. The van der Waals surface area contributed by atoms with E-state index in [9.17, 15) is 0 Å². The van der Waals surface area contributed by atoms with Gasteiger partial charge in [-0.05, 0) is 219 Å². The summed E-state index contributed by atoms with van der Waals surface area (Å²) in [6.45, 7) is 0. The molecule has 7 aromatic rings. The summed E-state index contributed by atoms with van der Waals surface area (Å²) in [7, 11) is -5.17. The first-order chi connectivity index (χ1) is 28.0. The Labute approximate surface area is 475 Å². The number of hydrogen-bond donors (Lipinski definition) is 1. The van der Waals surface area contributed by atoms with Gasteiger partial charge in [-0.3, -0.25) is 8.42 Å². The fourth-order valence-corrected chi connectivity index (χ4v) is 14.6. The Kier molecular flexibility index (Phi) is 15.6. The number of H-pyrrole nitrogens is 1. The second-order valence-corrected chi connectivity index (χ2v) is 24.2. The maximum absolute atomic E-state index is 8.52. The first kappa shape index (κ1) is 50.5. The molecule has 0 aliphatic carbocycles. The van der Waals surface area contributed by atoms with Crippen molar-refractivity contribution in [1.29, 1.82) is 0 Å². The fraction of sp³-hybridized carbons (Fsp3) is 0. The van der Waals surface area contributed by atoms with Crippen molar-refractivity contribution < 1.29 is 34.6 Å². The number of benzene rings is 4. The zero-order valence-electron chi connectivity index (χ0n) is 27.8. The van der Waals surface area contributed by atoms with Gasteiger partial charge in [-0.1, -0.05) is 11.6 Å². The topological polar surface area (TPSA) is 178 Å². The van der Waals surface area contributed by atoms with Crippen LogP contribution in [0, 0.1) is 0 Å². The summed E-state index contributed by atoms with van der Waals surface area (Å²) in [4.78, 5) is 34.5. The van der Waals surface area contributed by atoms with Crippen molar-refractivity contribution >= 4 is 289 Å². The van der Waals surface area contributed by atoms with Gasteiger partial charge in [0.25, 0.3) is 0 Å². The molecule has 317 valence electrons. The van der Waals surface area contributed by atoms with Gasteiger partial charge >= 0.3 is 17.1 Å². The zero-order valence-corrected chi connectivity index (χ0v) is 52.5. The molecule has 9 rings (SSSR count). The number of nitrogens with one attached hydrogen (secondary N) is 1. The molecule has 0 unspecified atom stereocenters. The third kappa shape index (κ3) is 8.71. The van der Waals surface area contributed by atoms with Crippen LogP contribution in [0.3, 0.4) is 0 Å². The minimum absolute atomic E-state index is 0. The van der Waals surface area contributed by atoms with Crippen LogP contribution >= 0.6 is 235 Å². The predicted octanol–water partition coefficient (Wildman–Crippen LogP) is 16.7. The van der Waals surface area contributed by atoms with Gasteiger partial charge in [-0.2, -0.15) is 0 Å². The van der Waals surface area contributed by atoms with Gasteiger partial charge in [-0.25, -0.2) is 33.5 Å². The van der Waals surface area contributed by atoms with Crippen LogP contribution in [0.4, 0.5) is 0 Å². The quantitative estimate of drug-likeness (QED) is 0.0505. The van der Waals surface area contributed by atoms with Crippen LogP contribution in [-0.4, -0.2) is 56.0 Å². The Balaban J connectivity index is 0.000000885. The van der Waals surface area contributed by atoms with Crippen LogP contribution in [0.1, 0.15) is 0 Å². The second kappa shape index (κ2) is 18.9. The number of aromatic nitrogens is 8. The SMILES string of the molecule is Clc1c(Br)c(Br)c(Br)c2c3nc4nc(nc5c6c(Br)c(Br)c(Br)c(Br)c6c(nc6nc(nc([nH]3)c12)-c1ccc(Br)c(Br)c1-6)n5Br)-c1c(Br)c(Br)c(Br)c(Br)c1-4.O=S(=O)([O-])[O-].[Cu+2]. The molecule has 0 spiro atoms. The molecule has 1 N–H and O–H groups in total. The van der Waals surface area contributed by atoms with Crippen molar-refractivity contribution in [3.05, 3.63) is 75.3 Å². The molecule has 2 aliphatic heterocycles. The van der Waals surface area contributed by atoms with Crippen molar-refractivity contribution in [3.8, 4) is 45.6 Å². The van der Waals surface area contributed by atoms with Crippen molar-refractivity contribution in [3.63, 3.8) is 0 Å². The molecule has 8 bridgehead atoms. The van der Waals surface area contributed by atoms with Crippen molar-refractivity contribution in [2.24, 2.45) is 0 Å². The summed E-state index contributed by atoms with van der Waals surface area (Å²) in [6.07, 6.45) is 0. The van der Waals surface area contributed by atoms with Crippen molar-refractivity contribution in [1.82, 2.24) is 38.5 Å². The molecule has 0 saturated carbocycles. The van der Waals surface area contributed by atoms with Gasteiger partial charge in [-0.15, -0.1) is 0 Å². The minimum Gasteiger partial charge on any atom is -0.759 e. The second-order valence-electron chi connectivity index (χ2n) is 11.9. The molecular weight excluding hydrogens is 1810 g/mol. The fourth-order valence-electron chi connectivity index (χ4n) is 6.21. The number of nitrogens with zero attached hydrogens (tertiary/aromatic N) is 7. The first-order valence-electron chi connectivity index (χ1n) is 15.3. The van der Waals surface area contributed by atoms with Gasteiger partial charge in [0.1, 0.15) is 11.3 Å². The Bertz CT molecular complexity index is 3460. The molecule has 29 heteroatoms. The van der Waals surface area contributed by atoms with Crippen LogP contribution in [-0.2, 0) is 27.5 Å². The van der Waals surface area contributed by atoms with Crippen LogP contribution in [0.2, 0.25) is 5.02 Å². The predicted molar refractivity (Wildman–Crippen MR) is 280 cm³/mol. The summed E-state index contributed by atoms with van der Waals surface area (Å²) in [5.74, 6) is 1.56. The number of rotatable bonds is 0. The van der Waals surface area contributed by atoms with E-state index >= 15 is 0 Å². The van der Waals surface area contributed by atoms with E-state index in [4.69, 9.17) is 59.0 Å². The van der Waals surface area contributed by atoms with E-state index in [0.29, 0.717) is 95.2 Å². The Morgan fingerprint density at radius 1 is 0.492 bits per heavy atom. The summed E-state index contributed by atoms with van der Waals surface area (Å²) in [5, 5.41) is 3.16. The van der Waals surface area contributed by atoms with E-state index in [-0.39, 0.29) is 17.1 Å². The van der Waals surface area contributed by atoms with E-state index in [1.807, 2.05) is 12.1 Å². The monoisotopic (exact) mass is 1800 g/mol. The molecule has 0 atom stereocenters. The van der Waals surface area contributed by atoms with Crippen LogP contribution in [0.15, 0.2) is 70.3 Å². The van der Waals surface area contributed by atoms with Gasteiger partial charge in [0.05, 0.1) is 25.6 Å². The van der Waals surface area contributed by atoms with Crippen molar-refractivity contribution in [2.75, 3.05) is 0 Å². The first-order valence-corrected chi connectivity index (χ1v) is 28.0. The van der Waals surface area contributed by atoms with E-state index in [1.165, 1.54) is 0 Å². The maximum atomic E-state index is 8.52. The van der Waals surface area contributed by atoms with E-state index in [0.717, 1.165) is 57.7 Å². The Hall–Kier alpha value is 1.64. The maximum Gasteiger partial charge on any atom is 2.00 e. The number of fused-ring (bicyclic) bond motifs is 20. The minimum atomic E-state index is -5.17. The molecule has 4 aromatic carbocycles. The molecule has 3 aromatic heterocycles. The van der Waals surface area contributed by atoms with Gasteiger partial charge in [0.2, 0.25) is 0 Å². The third-order valence-electron chi connectivity index (χ3n) is 8.62. The molecule has 5 heterocycles. The smallest absolute Gasteiger partial charge is 0.759 e. The molecule has 0 fully saturated rings. The van der Waals surface area contributed by atoms with Crippen LogP contribution in [0.25, 0.3) is 89.7 Å². The third-order valence-corrected chi connectivity index (χ3v) is 24.9. The molecular formula is C32H3Br14ClCuN8O4S. The molecule has 61 heavy (non-hydrogen) atoms. The Morgan fingerprint density at radius 2 is 0.885 bits per heavy atom. The summed E-state index contributed by atoms with van der Waals surface area (Å²) in [5.41, 5.74) is 4.72. The molecule has 0 saturated heterocycles. The molecule has 12 nitrogen and oxygen atoms in total. The van der Waals surface area contributed by atoms with Crippen LogP contribution in [0.5, 0.6) is 0 Å². The average molecular weight is 1810 g/mol. The van der Waals surface area contributed by atoms with Crippen LogP contribution < -0.4 is 0 Å². The van der Waals surface area contributed by atoms with Gasteiger partial charge in [0.15, 0.2) is 34.6 Å². The van der Waals surface area contributed by atoms with E-state index in [1.54, 1.807) is 3.59 Å². The Morgan fingerprint density at radius 3 is 1.41 bits per heavy atom. The molecule has 0 amide bonds. The number of halogens is 15. The number of hydrogen-bond acceptors (Lipinski definition) is 10.